The topological polar surface area (TPSA) is 66.6 Å². The molecule has 0 aromatic heterocycles. The lowest BCUT2D eigenvalue weighted by Gasteiger charge is -2.29. The smallest absolute Gasteiger partial charge is 0.227 e. The van der Waals surface area contributed by atoms with E-state index in [-0.39, 0.29) is 18.1 Å². The highest BCUT2D eigenvalue weighted by molar-refractivity contribution is 5.79. The minimum absolute atomic E-state index is 0.104. The summed E-state index contributed by atoms with van der Waals surface area (Å²) in [7, 11) is 0. The molecule has 0 aliphatic heterocycles. The molecule has 1 aliphatic rings. The lowest BCUT2D eigenvalue weighted by molar-refractivity contribution is -0.132. The number of phenolic OH excluding ortho intramolecular Hbond substituents is 1. The third-order valence-electron chi connectivity index (χ3n) is 4.02. The summed E-state index contributed by atoms with van der Waals surface area (Å²) in [6.45, 7) is 1.33. The molecule has 2 rings (SSSR count). The molecule has 1 amide bonds. The number of carbonyl (C=O) groups excluding carboxylic acids is 1. The maximum Gasteiger partial charge on any atom is 0.227 e. The minimum atomic E-state index is 0.104. The van der Waals surface area contributed by atoms with Crippen LogP contribution in [0.15, 0.2) is 24.3 Å². The molecule has 4 heteroatoms. The van der Waals surface area contributed by atoms with Crippen molar-refractivity contribution >= 4 is 5.91 Å². The zero-order chi connectivity index (χ0) is 14.4. The number of nitrogens with two attached hydrogens (primary N) is 1. The van der Waals surface area contributed by atoms with E-state index >= 15 is 0 Å². The van der Waals surface area contributed by atoms with Crippen molar-refractivity contribution in [3.05, 3.63) is 29.8 Å². The molecule has 0 heterocycles. The van der Waals surface area contributed by atoms with Crippen LogP contribution in [0, 0.1) is 0 Å². The van der Waals surface area contributed by atoms with E-state index in [1.807, 2.05) is 17.0 Å². The molecule has 0 atom stereocenters. The standard InChI is InChI=1S/C16H24N2O2/c17-10-5-11-18(14-7-2-3-8-14)16(20)12-13-6-1-4-9-15(13)19/h1,4,6,9,14,19H,2-3,5,7-8,10-12,17H2. The first-order chi connectivity index (χ1) is 9.72. The molecule has 3 N–H and O–H groups in total. The first kappa shape index (κ1) is 14.9. The molecule has 0 saturated heterocycles. The Labute approximate surface area is 120 Å². The van der Waals surface area contributed by atoms with Gasteiger partial charge in [0.25, 0.3) is 0 Å². The van der Waals surface area contributed by atoms with E-state index in [2.05, 4.69) is 0 Å². The molecular weight excluding hydrogens is 252 g/mol. The van der Waals surface area contributed by atoms with E-state index < -0.39 is 0 Å². The van der Waals surface area contributed by atoms with Gasteiger partial charge in [-0.3, -0.25) is 4.79 Å². The quantitative estimate of drug-likeness (QED) is 0.835. The number of carbonyl (C=O) groups is 1. The normalized spacial score (nSPS) is 15.4. The van der Waals surface area contributed by atoms with Gasteiger partial charge in [0.15, 0.2) is 0 Å². The van der Waals surface area contributed by atoms with Crippen LogP contribution in [0.1, 0.15) is 37.7 Å². The third-order valence-corrected chi connectivity index (χ3v) is 4.02. The van der Waals surface area contributed by atoms with E-state index in [0.717, 1.165) is 25.8 Å². The molecule has 0 unspecified atom stereocenters. The Morgan fingerprint density at radius 3 is 2.65 bits per heavy atom. The van der Waals surface area contributed by atoms with E-state index in [0.29, 0.717) is 18.2 Å². The second-order valence-electron chi connectivity index (χ2n) is 5.47. The van der Waals surface area contributed by atoms with Gasteiger partial charge in [0.1, 0.15) is 5.75 Å². The fraction of sp³-hybridized carbons (Fsp3) is 0.562. The molecule has 1 fully saturated rings. The number of aromatic hydroxyl groups is 1. The van der Waals surface area contributed by atoms with Crippen LogP contribution in [0.4, 0.5) is 0 Å². The molecule has 0 spiro atoms. The summed E-state index contributed by atoms with van der Waals surface area (Å²) in [5, 5.41) is 9.79. The molecule has 110 valence electrons. The second-order valence-corrected chi connectivity index (χ2v) is 5.47. The zero-order valence-electron chi connectivity index (χ0n) is 11.9. The van der Waals surface area contributed by atoms with Crippen LogP contribution in [0.25, 0.3) is 0 Å². The highest BCUT2D eigenvalue weighted by Crippen LogP contribution is 2.25. The average Bonchev–Trinajstić information content (AvgIpc) is 2.96. The zero-order valence-corrected chi connectivity index (χ0v) is 11.9. The predicted octanol–water partition coefficient (Wildman–Crippen LogP) is 2.05. The van der Waals surface area contributed by atoms with Gasteiger partial charge in [0, 0.05) is 18.2 Å². The van der Waals surface area contributed by atoms with E-state index in [1.165, 1.54) is 12.8 Å². The van der Waals surface area contributed by atoms with Crippen molar-refractivity contribution in [2.24, 2.45) is 5.73 Å². The third kappa shape index (κ3) is 3.73. The molecule has 20 heavy (non-hydrogen) atoms. The van der Waals surface area contributed by atoms with Crippen LogP contribution in [-0.4, -0.2) is 35.0 Å². The molecule has 0 bridgehead atoms. The molecule has 1 aliphatic carbocycles. The van der Waals surface area contributed by atoms with Crippen molar-refractivity contribution in [2.45, 2.75) is 44.6 Å². The lowest BCUT2D eigenvalue weighted by Crippen LogP contribution is -2.41. The SMILES string of the molecule is NCCCN(C(=O)Cc1ccccc1O)C1CCCC1. The van der Waals surface area contributed by atoms with Gasteiger partial charge in [0.2, 0.25) is 5.91 Å². The molecule has 1 saturated carbocycles. The Hall–Kier alpha value is -1.55. The predicted molar refractivity (Wildman–Crippen MR) is 79.5 cm³/mol. The van der Waals surface area contributed by atoms with Gasteiger partial charge in [-0.05, 0) is 31.9 Å². The molecule has 1 aromatic carbocycles. The summed E-state index contributed by atoms with van der Waals surface area (Å²) < 4.78 is 0. The highest BCUT2D eigenvalue weighted by Gasteiger charge is 2.26. The number of nitrogens with zero attached hydrogens (tertiary/aromatic N) is 1. The molecule has 4 nitrogen and oxygen atoms in total. The second kappa shape index (κ2) is 7.29. The van der Waals surface area contributed by atoms with Crippen molar-refractivity contribution in [3.63, 3.8) is 0 Å². The van der Waals surface area contributed by atoms with Crippen molar-refractivity contribution in [3.8, 4) is 5.75 Å². The van der Waals surface area contributed by atoms with E-state index in [9.17, 15) is 9.90 Å². The maximum absolute atomic E-state index is 12.5. The number of para-hydroxylation sites is 1. The Balaban J connectivity index is 2.03. The molecule has 1 aromatic rings. The van der Waals surface area contributed by atoms with Crippen molar-refractivity contribution in [1.29, 1.82) is 0 Å². The Morgan fingerprint density at radius 1 is 1.30 bits per heavy atom. The largest absolute Gasteiger partial charge is 0.508 e. The summed E-state index contributed by atoms with van der Waals surface area (Å²) in [5.74, 6) is 0.304. The first-order valence-electron chi connectivity index (χ1n) is 7.48. The number of hydrogen-bond donors (Lipinski definition) is 2. The van der Waals surface area contributed by atoms with Crippen molar-refractivity contribution < 1.29 is 9.90 Å². The number of phenols is 1. The fourth-order valence-corrected chi connectivity index (χ4v) is 2.91. The van der Waals surface area contributed by atoms with Gasteiger partial charge >= 0.3 is 0 Å². The van der Waals surface area contributed by atoms with Crippen LogP contribution < -0.4 is 5.73 Å². The van der Waals surface area contributed by atoms with Crippen molar-refractivity contribution in [2.75, 3.05) is 13.1 Å². The van der Waals surface area contributed by atoms with Gasteiger partial charge < -0.3 is 15.7 Å². The highest BCUT2D eigenvalue weighted by atomic mass is 16.3. The number of benzene rings is 1. The van der Waals surface area contributed by atoms with Gasteiger partial charge in [0.05, 0.1) is 6.42 Å². The Bertz CT molecular complexity index is 442. The summed E-state index contributed by atoms with van der Waals surface area (Å²) in [6, 6.07) is 7.42. The number of hydrogen-bond acceptors (Lipinski definition) is 3. The Morgan fingerprint density at radius 2 is 2.00 bits per heavy atom. The number of rotatable bonds is 6. The van der Waals surface area contributed by atoms with E-state index in [1.54, 1.807) is 12.1 Å². The van der Waals surface area contributed by atoms with Gasteiger partial charge in [-0.1, -0.05) is 31.0 Å². The van der Waals surface area contributed by atoms with Crippen molar-refractivity contribution in [1.82, 2.24) is 4.90 Å². The van der Waals surface area contributed by atoms with Gasteiger partial charge in [-0.2, -0.15) is 0 Å². The fourth-order valence-electron chi connectivity index (χ4n) is 2.91. The summed E-state index contributed by atoms with van der Waals surface area (Å²) in [5.41, 5.74) is 6.28. The maximum atomic E-state index is 12.5. The van der Waals surface area contributed by atoms with Gasteiger partial charge in [-0.15, -0.1) is 0 Å². The van der Waals surface area contributed by atoms with Gasteiger partial charge in [-0.25, -0.2) is 0 Å². The van der Waals surface area contributed by atoms with Crippen LogP contribution in [0.5, 0.6) is 5.75 Å². The van der Waals surface area contributed by atoms with E-state index in [4.69, 9.17) is 5.73 Å². The van der Waals surface area contributed by atoms with Crippen LogP contribution >= 0.6 is 0 Å². The lowest BCUT2D eigenvalue weighted by atomic mass is 10.1. The average molecular weight is 276 g/mol. The minimum Gasteiger partial charge on any atom is -0.508 e. The summed E-state index contributed by atoms with van der Waals surface area (Å²) in [4.78, 5) is 14.5. The number of amides is 1. The Kier molecular flexibility index (Phi) is 5.41. The van der Waals surface area contributed by atoms with Crippen LogP contribution in [0.2, 0.25) is 0 Å². The molecule has 0 radical (unpaired) electrons. The molecular formula is C16H24N2O2. The van der Waals surface area contributed by atoms with Crippen LogP contribution in [0.3, 0.4) is 0 Å². The van der Waals surface area contributed by atoms with Crippen LogP contribution in [-0.2, 0) is 11.2 Å². The first-order valence-corrected chi connectivity index (χ1v) is 7.48. The summed E-state index contributed by atoms with van der Waals surface area (Å²) >= 11 is 0. The summed E-state index contributed by atoms with van der Waals surface area (Å²) in [6.07, 6.45) is 5.70. The monoisotopic (exact) mass is 276 g/mol.